The molecule has 122 valence electrons. The third-order valence-corrected chi connectivity index (χ3v) is 7.19. The smallest absolute Gasteiger partial charge is 0.354 e. The topological polar surface area (TPSA) is 118 Å². The summed E-state index contributed by atoms with van der Waals surface area (Å²) in [5, 5.41) is 8.56. The van der Waals surface area contributed by atoms with Crippen LogP contribution in [0.4, 0.5) is 0 Å². The van der Waals surface area contributed by atoms with Crippen molar-refractivity contribution in [2.24, 2.45) is 5.92 Å². The fourth-order valence-electron chi connectivity index (χ4n) is 2.42. The van der Waals surface area contributed by atoms with Gasteiger partial charge in [-0.1, -0.05) is 18.7 Å². The summed E-state index contributed by atoms with van der Waals surface area (Å²) >= 11 is 0.820. The minimum Gasteiger partial charge on any atom is -0.477 e. The highest BCUT2D eigenvalue weighted by molar-refractivity contribution is 8.19. The van der Waals surface area contributed by atoms with E-state index >= 15 is 0 Å². The van der Waals surface area contributed by atoms with Gasteiger partial charge in [0.2, 0.25) is 5.91 Å². The van der Waals surface area contributed by atoms with Crippen LogP contribution in [0.3, 0.4) is 0 Å². The Balaban J connectivity index is 2.35. The summed E-state index contributed by atoms with van der Waals surface area (Å²) in [6, 6.07) is 0. The Morgan fingerprint density at radius 3 is 2.50 bits per heavy atom. The van der Waals surface area contributed by atoms with Crippen molar-refractivity contribution in [2.75, 3.05) is 5.75 Å². The predicted octanol–water partition coefficient (Wildman–Crippen LogP) is 0.158. The summed E-state index contributed by atoms with van der Waals surface area (Å²) in [5.41, 5.74) is -0.506. The second kappa shape index (κ2) is 5.58. The lowest BCUT2D eigenvalue weighted by atomic mass is 9.92. The molecule has 1 amide bonds. The Kier molecular flexibility index (Phi) is 4.26. The van der Waals surface area contributed by atoms with Crippen molar-refractivity contribution in [3.63, 3.8) is 0 Å². The molecule has 0 bridgehead atoms. The molecule has 2 rings (SSSR count). The van der Waals surface area contributed by atoms with E-state index in [1.807, 2.05) is 0 Å². The van der Waals surface area contributed by atoms with Crippen LogP contribution < -0.4 is 0 Å². The van der Waals surface area contributed by atoms with Crippen LogP contribution in [0.1, 0.15) is 20.8 Å². The zero-order chi connectivity index (χ0) is 16.8. The Morgan fingerprint density at radius 2 is 2.05 bits per heavy atom. The van der Waals surface area contributed by atoms with E-state index in [1.165, 1.54) is 20.8 Å². The molecule has 0 aromatic carbocycles. The van der Waals surface area contributed by atoms with Crippen LogP contribution in [-0.2, 0) is 29.0 Å². The number of hydrogen-bond donors (Lipinski definition) is 1. The summed E-state index contributed by atoms with van der Waals surface area (Å²) in [6.45, 7) is 4.13. The van der Waals surface area contributed by atoms with E-state index in [0.29, 0.717) is 0 Å². The van der Waals surface area contributed by atoms with E-state index in [2.05, 4.69) is 0 Å². The molecule has 1 saturated heterocycles. The number of sulfone groups is 1. The van der Waals surface area contributed by atoms with Gasteiger partial charge in [-0.2, -0.15) is 0 Å². The van der Waals surface area contributed by atoms with Crippen molar-refractivity contribution in [1.82, 2.24) is 4.90 Å². The molecule has 2 aliphatic rings. The standard InChI is InChI=1S/C12H15NO7S2/c1-4-22(18,19)12-8(11(16)17)13-9(15)7(10(13)21-12)5(2)20-6(3)14/h5,7,10H,4H2,1-3H3,(H,16,17)/t5?,7?,10-/m1/s1. The third-order valence-electron chi connectivity index (χ3n) is 3.47. The van der Waals surface area contributed by atoms with E-state index in [4.69, 9.17) is 4.74 Å². The molecule has 2 unspecified atom stereocenters. The highest BCUT2D eigenvalue weighted by Crippen LogP contribution is 2.52. The van der Waals surface area contributed by atoms with Gasteiger partial charge in [0.25, 0.3) is 0 Å². The first-order valence-corrected chi connectivity index (χ1v) is 9.02. The van der Waals surface area contributed by atoms with Crippen molar-refractivity contribution >= 4 is 39.4 Å². The number of fused-ring (bicyclic) bond motifs is 1. The quantitative estimate of drug-likeness (QED) is 0.551. The molecule has 3 atom stereocenters. The van der Waals surface area contributed by atoms with Gasteiger partial charge in [-0.25, -0.2) is 13.2 Å². The first kappa shape index (κ1) is 16.8. The first-order chi connectivity index (χ1) is 10.1. The summed E-state index contributed by atoms with van der Waals surface area (Å²) in [7, 11) is -3.75. The van der Waals surface area contributed by atoms with Gasteiger partial charge in [-0.05, 0) is 6.92 Å². The monoisotopic (exact) mass is 349 g/mol. The molecule has 0 aliphatic carbocycles. The molecule has 22 heavy (non-hydrogen) atoms. The molecule has 2 heterocycles. The maximum absolute atomic E-state index is 12.2. The molecule has 8 nitrogen and oxygen atoms in total. The zero-order valence-electron chi connectivity index (χ0n) is 12.1. The summed E-state index contributed by atoms with van der Waals surface area (Å²) in [5.74, 6) is -3.59. The number of thioether (sulfide) groups is 1. The van der Waals surface area contributed by atoms with E-state index in [1.54, 1.807) is 0 Å². The highest BCUT2D eigenvalue weighted by atomic mass is 32.3. The normalized spacial score (nSPS) is 25.6. The SMILES string of the molecule is CCS(=O)(=O)C1=C(C(=O)O)N2C(=O)C(C(C)OC(C)=O)[C@H]2S1. The summed E-state index contributed by atoms with van der Waals surface area (Å²) in [4.78, 5) is 35.5. The largest absolute Gasteiger partial charge is 0.477 e. The van der Waals surface area contributed by atoms with Gasteiger partial charge in [0.15, 0.2) is 15.5 Å². The molecule has 0 aromatic rings. The van der Waals surface area contributed by atoms with Gasteiger partial charge in [-0.15, -0.1) is 0 Å². The number of amides is 1. The number of hydrogen-bond acceptors (Lipinski definition) is 7. The van der Waals surface area contributed by atoms with Crippen LogP contribution in [0.15, 0.2) is 9.93 Å². The highest BCUT2D eigenvalue weighted by Gasteiger charge is 2.60. The third kappa shape index (κ3) is 2.50. The molecule has 2 aliphatic heterocycles. The number of esters is 1. The van der Waals surface area contributed by atoms with Crippen molar-refractivity contribution in [1.29, 1.82) is 0 Å². The molecular weight excluding hydrogens is 334 g/mol. The van der Waals surface area contributed by atoms with Crippen LogP contribution in [-0.4, -0.2) is 53.5 Å². The molecule has 1 fully saturated rings. The minimum absolute atomic E-state index is 0.259. The number of carboxylic acid groups (broad SMARTS) is 1. The molecule has 0 spiro atoms. The lowest BCUT2D eigenvalue weighted by molar-refractivity contribution is -0.165. The molecule has 1 N–H and O–H groups in total. The van der Waals surface area contributed by atoms with Gasteiger partial charge < -0.3 is 9.84 Å². The van der Waals surface area contributed by atoms with Crippen molar-refractivity contribution in [3.8, 4) is 0 Å². The fraction of sp³-hybridized carbons (Fsp3) is 0.583. The number of carbonyl (C=O) groups is 3. The maximum atomic E-state index is 12.2. The van der Waals surface area contributed by atoms with Crippen molar-refractivity contribution < 1.29 is 32.6 Å². The van der Waals surface area contributed by atoms with Gasteiger partial charge in [0.05, 0.1) is 5.75 Å². The van der Waals surface area contributed by atoms with Crippen molar-refractivity contribution in [3.05, 3.63) is 9.93 Å². The minimum atomic E-state index is -3.75. The molecule has 10 heteroatoms. The summed E-state index contributed by atoms with van der Waals surface area (Å²) < 4.78 is 28.7. The number of ether oxygens (including phenoxy) is 1. The van der Waals surface area contributed by atoms with E-state index in [9.17, 15) is 27.9 Å². The Hall–Kier alpha value is -1.55. The predicted molar refractivity (Wildman–Crippen MR) is 77.1 cm³/mol. The van der Waals surface area contributed by atoms with E-state index < -0.39 is 50.8 Å². The van der Waals surface area contributed by atoms with Crippen molar-refractivity contribution in [2.45, 2.75) is 32.2 Å². The van der Waals surface area contributed by atoms with Crippen LogP contribution in [0.5, 0.6) is 0 Å². The number of carbonyl (C=O) groups excluding carboxylic acids is 2. The number of carboxylic acids is 1. The molecular formula is C12H15NO7S2. The number of rotatable bonds is 5. The Morgan fingerprint density at radius 1 is 1.45 bits per heavy atom. The van der Waals surface area contributed by atoms with Crippen LogP contribution in [0.2, 0.25) is 0 Å². The van der Waals surface area contributed by atoms with Crippen LogP contribution in [0, 0.1) is 5.92 Å². The lowest BCUT2D eigenvalue weighted by Crippen LogP contribution is -2.61. The fourth-order valence-corrected chi connectivity index (χ4v) is 5.72. The van der Waals surface area contributed by atoms with Gasteiger partial charge in [-0.3, -0.25) is 14.5 Å². The van der Waals surface area contributed by atoms with Gasteiger partial charge >= 0.3 is 11.9 Å². The van der Waals surface area contributed by atoms with E-state index in [0.717, 1.165) is 16.7 Å². The average Bonchev–Trinajstić information content (AvgIpc) is 2.73. The maximum Gasteiger partial charge on any atom is 0.354 e. The second-order valence-corrected chi connectivity index (χ2v) is 8.50. The Labute approximate surface area is 131 Å². The lowest BCUT2D eigenvalue weighted by Gasteiger charge is -2.44. The van der Waals surface area contributed by atoms with Gasteiger partial charge in [0, 0.05) is 6.92 Å². The number of nitrogens with zero attached hydrogens (tertiary/aromatic N) is 1. The Bertz CT molecular complexity index is 682. The van der Waals surface area contributed by atoms with Crippen LogP contribution in [0.25, 0.3) is 0 Å². The summed E-state index contributed by atoms with van der Waals surface area (Å²) in [6.07, 6.45) is -0.752. The molecule has 0 saturated carbocycles. The first-order valence-electron chi connectivity index (χ1n) is 6.49. The number of aliphatic carboxylic acids is 1. The second-order valence-electron chi connectivity index (χ2n) is 4.90. The molecule has 0 aromatic heterocycles. The zero-order valence-corrected chi connectivity index (χ0v) is 13.7. The average molecular weight is 349 g/mol. The van der Waals surface area contributed by atoms with E-state index in [-0.39, 0.29) is 9.99 Å². The van der Waals surface area contributed by atoms with Crippen LogP contribution >= 0.6 is 11.8 Å². The van der Waals surface area contributed by atoms with Gasteiger partial charge in [0.1, 0.15) is 21.6 Å². The molecule has 0 radical (unpaired) electrons. The number of β-lactam (4-membered cyclic amide) rings is 1.